The second-order valence-electron chi connectivity index (χ2n) is 11.4. The largest absolute Gasteiger partial charge is 0.387 e. The number of nitrogens with one attached hydrogen (secondary N) is 2. The van der Waals surface area contributed by atoms with E-state index in [-0.39, 0.29) is 17.5 Å². The summed E-state index contributed by atoms with van der Waals surface area (Å²) in [7, 11) is 0. The zero-order valence-electron chi connectivity index (χ0n) is 23.3. The van der Waals surface area contributed by atoms with Crippen LogP contribution >= 0.6 is 0 Å². The summed E-state index contributed by atoms with van der Waals surface area (Å²) >= 11 is 0. The molecule has 3 unspecified atom stereocenters. The number of carbonyl (C=O) groups excluding carboxylic acids is 1. The van der Waals surface area contributed by atoms with Crippen molar-refractivity contribution in [3.8, 4) is 0 Å². The maximum Gasteiger partial charge on any atom is 0.319 e. The number of anilines is 2. The molecule has 0 spiro atoms. The Morgan fingerprint density at radius 3 is 2.54 bits per heavy atom. The van der Waals surface area contributed by atoms with E-state index in [0.717, 1.165) is 5.69 Å². The van der Waals surface area contributed by atoms with Crippen LogP contribution < -0.4 is 16.4 Å². The van der Waals surface area contributed by atoms with Crippen LogP contribution in [0.15, 0.2) is 42.9 Å². The van der Waals surface area contributed by atoms with Crippen molar-refractivity contribution in [3.05, 3.63) is 48.4 Å². The lowest BCUT2D eigenvalue weighted by Crippen LogP contribution is -2.44. The van der Waals surface area contributed by atoms with Crippen LogP contribution in [-0.2, 0) is 10.2 Å². The molecule has 1 fully saturated rings. The summed E-state index contributed by atoms with van der Waals surface area (Å²) in [6, 6.07) is 9.57. The zero-order chi connectivity index (χ0) is 28.3. The van der Waals surface area contributed by atoms with E-state index in [1.54, 1.807) is 16.8 Å². The summed E-state index contributed by atoms with van der Waals surface area (Å²) < 4.78 is 7.82. The van der Waals surface area contributed by atoms with Gasteiger partial charge in [-0.1, -0.05) is 32.9 Å². The number of ether oxygens (including phenoxy) is 1. The topological polar surface area (TPSA) is 151 Å². The van der Waals surface area contributed by atoms with E-state index in [1.807, 2.05) is 24.3 Å². The Morgan fingerprint density at radius 2 is 1.87 bits per heavy atom. The van der Waals surface area contributed by atoms with Gasteiger partial charge >= 0.3 is 6.03 Å². The van der Waals surface area contributed by atoms with Gasteiger partial charge in [-0.05, 0) is 49.4 Å². The minimum Gasteiger partial charge on any atom is -0.387 e. The molecule has 1 aliphatic heterocycles. The van der Waals surface area contributed by atoms with E-state index >= 15 is 0 Å². The zero-order valence-corrected chi connectivity index (χ0v) is 23.3. The Kier molecular flexibility index (Phi) is 8.75. The van der Waals surface area contributed by atoms with Gasteiger partial charge in [0.25, 0.3) is 0 Å². The summed E-state index contributed by atoms with van der Waals surface area (Å²) in [4.78, 5) is 22.8. The molecule has 212 valence electrons. The van der Waals surface area contributed by atoms with Crippen LogP contribution in [0.2, 0.25) is 0 Å². The predicted molar refractivity (Wildman–Crippen MR) is 151 cm³/mol. The van der Waals surface area contributed by atoms with Gasteiger partial charge in [0.2, 0.25) is 0 Å². The molecule has 3 heterocycles. The van der Waals surface area contributed by atoms with Crippen molar-refractivity contribution in [2.24, 2.45) is 0 Å². The summed E-state index contributed by atoms with van der Waals surface area (Å²) in [5, 5.41) is 28.0. The van der Waals surface area contributed by atoms with E-state index in [4.69, 9.17) is 10.5 Å². The standard InChI is InChI=1S/C28H41N7O4/c1-17(2)34(13-6-12-30-27(38)33-19-9-7-18(8-10-19)28(3,4)5)15-21-22(36)23(37)26(39-21)35-14-11-20-24(29)31-16-32-25(20)35/h7-11,14,16-17,21-23,26,36-37H,6,12-13,15H2,1-5H3,(H2,29,31,32)(H2,30,33,38)/t21?,22?,23?,26-/m1/s1. The smallest absolute Gasteiger partial charge is 0.319 e. The molecule has 6 N–H and O–H groups in total. The second-order valence-corrected chi connectivity index (χ2v) is 11.4. The monoisotopic (exact) mass is 539 g/mol. The number of rotatable bonds is 9. The van der Waals surface area contributed by atoms with Gasteiger partial charge in [0.05, 0.1) is 5.39 Å². The van der Waals surface area contributed by atoms with Crippen LogP contribution in [0, 0.1) is 0 Å². The van der Waals surface area contributed by atoms with Crippen LogP contribution in [0.25, 0.3) is 11.0 Å². The number of aliphatic hydroxyl groups excluding tert-OH is 2. The van der Waals surface area contributed by atoms with Crippen molar-refractivity contribution in [3.63, 3.8) is 0 Å². The number of nitrogens with two attached hydrogens (primary N) is 1. The first-order chi connectivity index (χ1) is 18.5. The number of aromatic nitrogens is 3. The van der Waals surface area contributed by atoms with Gasteiger partial charge in [0.15, 0.2) is 6.23 Å². The highest BCUT2D eigenvalue weighted by atomic mass is 16.6. The highest BCUT2D eigenvalue weighted by molar-refractivity contribution is 5.89. The SMILES string of the molecule is CC(C)N(CCCNC(=O)Nc1ccc(C(C)(C)C)cc1)CC1O[C@@H](n2ccc3c(N)ncnc32)C(O)C1O. The van der Waals surface area contributed by atoms with Gasteiger partial charge in [-0.3, -0.25) is 4.90 Å². The number of benzene rings is 1. The number of hydrogen-bond donors (Lipinski definition) is 5. The molecule has 0 bridgehead atoms. The molecule has 11 heteroatoms. The van der Waals surface area contributed by atoms with Crippen molar-refractivity contribution in [1.29, 1.82) is 0 Å². The van der Waals surface area contributed by atoms with E-state index in [9.17, 15) is 15.0 Å². The quantitative estimate of drug-likeness (QED) is 0.261. The van der Waals surface area contributed by atoms with Crippen LogP contribution in [0.4, 0.5) is 16.3 Å². The molecule has 3 aromatic rings. The number of carbonyl (C=O) groups is 1. The average Bonchev–Trinajstić information content (AvgIpc) is 3.42. The van der Waals surface area contributed by atoms with Crippen LogP contribution in [-0.4, -0.2) is 79.7 Å². The lowest BCUT2D eigenvalue weighted by atomic mass is 9.87. The maximum absolute atomic E-state index is 12.4. The van der Waals surface area contributed by atoms with Crippen molar-refractivity contribution in [2.45, 2.75) is 77.0 Å². The van der Waals surface area contributed by atoms with E-state index in [0.29, 0.717) is 42.9 Å². The van der Waals surface area contributed by atoms with Crippen molar-refractivity contribution >= 4 is 28.6 Å². The number of hydrogen-bond acceptors (Lipinski definition) is 8. The van der Waals surface area contributed by atoms with Crippen molar-refractivity contribution < 1.29 is 19.7 Å². The number of urea groups is 1. The number of amides is 2. The van der Waals surface area contributed by atoms with E-state index in [2.05, 4.69) is 60.1 Å². The molecule has 1 aromatic carbocycles. The number of fused-ring (bicyclic) bond motifs is 1. The van der Waals surface area contributed by atoms with Gasteiger partial charge in [-0.2, -0.15) is 0 Å². The first-order valence-electron chi connectivity index (χ1n) is 13.4. The molecule has 4 atom stereocenters. The molecule has 0 saturated carbocycles. The third-order valence-electron chi connectivity index (χ3n) is 7.21. The molecule has 39 heavy (non-hydrogen) atoms. The van der Waals surface area contributed by atoms with Gasteiger partial charge in [-0.15, -0.1) is 0 Å². The number of nitrogen functional groups attached to an aromatic ring is 1. The van der Waals surface area contributed by atoms with Gasteiger partial charge in [-0.25, -0.2) is 14.8 Å². The fourth-order valence-corrected chi connectivity index (χ4v) is 4.81. The van der Waals surface area contributed by atoms with Crippen LogP contribution in [0.1, 0.15) is 52.8 Å². The van der Waals surface area contributed by atoms with Gasteiger partial charge in [0, 0.05) is 37.6 Å². The average molecular weight is 540 g/mol. The minimum absolute atomic E-state index is 0.0573. The molecular weight excluding hydrogens is 498 g/mol. The second kappa shape index (κ2) is 11.9. The predicted octanol–water partition coefficient (Wildman–Crippen LogP) is 2.85. The minimum atomic E-state index is -1.13. The fraction of sp³-hybridized carbons (Fsp3) is 0.536. The molecule has 2 aromatic heterocycles. The van der Waals surface area contributed by atoms with Crippen LogP contribution in [0.5, 0.6) is 0 Å². The van der Waals surface area contributed by atoms with Crippen LogP contribution in [0.3, 0.4) is 0 Å². The molecule has 11 nitrogen and oxygen atoms in total. The summed E-state index contributed by atoms with van der Waals surface area (Å²) in [5.74, 6) is 0.343. The van der Waals surface area contributed by atoms with E-state index < -0.39 is 24.5 Å². The lowest BCUT2D eigenvalue weighted by Gasteiger charge is -2.30. The Balaban J connectivity index is 1.27. The normalized spacial score (nSPS) is 21.7. The fourth-order valence-electron chi connectivity index (χ4n) is 4.81. The number of nitrogens with zero attached hydrogens (tertiary/aromatic N) is 4. The lowest BCUT2D eigenvalue weighted by molar-refractivity contribution is -0.0465. The third kappa shape index (κ3) is 6.67. The van der Waals surface area contributed by atoms with E-state index in [1.165, 1.54) is 11.9 Å². The van der Waals surface area contributed by atoms with Gasteiger partial charge in [0.1, 0.15) is 36.1 Å². The Bertz CT molecular complexity index is 1260. The molecule has 1 saturated heterocycles. The Labute approximate surface area is 229 Å². The summed E-state index contributed by atoms with van der Waals surface area (Å²) in [6.45, 7) is 12.2. The molecule has 2 amide bonds. The molecule has 0 aliphatic carbocycles. The maximum atomic E-state index is 12.4. The molecular formula is C28H41N7O4. The van der Waals surface area contributed by atoms with Crippen molar-refractivity contribution in [2.75, 3.05) is 30.7 Å². The first-order valence-corrected chi connectivity index (χ1v) is 13.4. The number of aliphatic hydroxyl groups is 2. The first kappa shape index (κ1) is 28.8. The Morgan fingerprint density at radius 1 is 1.15 bits per heavy atom. The van der Waals surface area contributed by atoms with Gasteiger partial charge < -0.3 is 35.9 Å². The van der Waals surface area contributed by atoms with Crippen molar-refractivity contribution in [1.82, 2.24) is 24.8 Å². The summed E-state index contributed by atoms with van der Waals surface area (Å²) in [5.41, 5.74) is 8.48. The molecule has 4 rings (SSSR count). The molecule has 1 aliphatic rings. The highest BCUT2D eigenvalue weighted by Gasteiger charge is 2.44. The molecule has 0 radical (unpaired) electrons. The Hall–Kier alpha value is -3.25. The highest BCUT2D eigenvalue weighted by Crippen LogP contribution is 2.33. The summed E-state index contributed by atoms with van der Waals surface area (Å²) in [6.07, 6.45) is 0.210. The third-order valence-corrected chi connectivity index (χ3v) is 7.21.